The second-order valence-electron chi connectivity index (χ2n) is 5.75. The number of amidine groups is 1. The van der Waals surface area contributed by atoms with Gasteiger partial charge in [0, 0.05) is 17.4 Å². The highest BCUT2D eigenvalue weighted by Gasteiger charge is 2.29. The molecule has 2 heterocycles. The summed E-state index contributed by atoms with van der Waals surface area (Å²) in [4.78, 5) is 20.1. The molecule has 0 saturated heterocycles. The second-order valence-corrected chi connectivity index (χ2v) is 5.75. The van der Waals surface area contributed by atoms with E-state index in [4.69, 9.17) is 10.5 Å². The summed E-state index contributed by atoms with van der Waals surface area (Å²) in [6, 6.07) is 6.08. The Bertz CT molecular complexity index is 989. The van der Waals surface area contributed by atoms with Gasteiger partial charge in [0.1, 0.15) is 12.4 Å². The summed E-state index contributed by atoms with van der Waals surface area (Å²) < 4.78 is 60.9. The molecule has 3 N–H and O–H groups in total. The Balaban J connectivity index is 1.82. The summed E-state index contributed by atoms with van der Waals surface area (Å²) in [5.41, 5.74) is 5.57. The van der Waals surface area contributed by atoms with Gasteiger partial charge < -0.3 is 20.5 Å². The third kappa shape index (κ3) is 5.21. The van der Waals surface area contributed by atoms with Crippen molar-refractivity contribution in [1.29, 1.82) is 0 Å². The van der Waals surface area contributed by atoms with E-state index < -0.39 is 24.5 Å². The molecule has 0 fully saturated rings. The molecular weight excluding hydrogens is 396 g/mol. The molecule has 1 aliphatic heterocycles. The number of hydrogen-bond donors (Lipinski definition) is 2. The number of hydrogen-bond acceptors (Lipinski definition) is 6. The topological polar surface area (TPSA) is 98.8 Å². The molecule has 7 nitrogen and oxygen atoms in total. The van der Waals surface area contributed by atoms with Crippen molar-refractivity contribution in [3.8, 4) is 5.75 Å². The minimum absolute atomic E-state index is 0.0589. The molecule has 0 unspecified atom stereocenters. The Labute approximate surface area is 161 Å². The molecule has 0 saturated carbocycles. The standard InChI is InChI=1S/C18H14F4N4O3/c19-12-4-3-10(8-11(12)13-5-7-28-17(23)26-13)25-16(27)15-14(2-1-6-24-15)29-9-18(20,21)22/h1-6,8H,7,9H2,(H2,23,26)(H,25,27). The highest BCUT2D eigenvalue weighted by Crippen LogP contribution is 2.26. The average Bonchev–Trinajstić information content (AvgIpc) is 2.67. The van der Waals surface area contributed by atoms with Crippen LogP contribution in [0.1, 0.15) is 16.1 Å². The molecule has 0 spiro atoms. The van der Waals surface area contributed by atoms with E-state index in [1.807, 2.05) is 0 Å². The first-order valence-electron chi connectivity index (χ1n) is 8.16. The molecule has 0 atom stereocenters. The zero-order valence-corrected chi connectivity index (χ0v) is 14.7. The lowest BCUT2D eigenvalue weighted by atomic mass is 10.1. The number of carbonyl (C=O) groups excluding carboxylic acids is 1. The molecule has 0 bridgehead atoms. The van der Waals surface area contributed by atoms with Gasteiger partial charge in [0.25, 0.3) is 11.9 Å². The summed E-state index contributed by atoms with van der Waals surface area (Å²) in [5, 5.41) is 2.45. The highest BCUT2D eigenvalue weighted by molar-refractivity contribution is 6.04. The number of benzene rings is 1. The van der Waals surface area contributed by atoms with Crippen molar-refractivity contribution in [2.75, 3.05) is 18.5 Å². The summed E-state index contributed by atoms with van der Waals surface area (Å²) in [6.45, 7) is -1.47. The van der Waals surface area contributed by atoms with E-state index in [9.17, 15) is 22.4 Å². The van der Waals surface area contributed by atoms with Crippen molar-refractivity contribution in [1.82, 2.24) is 4.98 Å². The zero-order valence-electron chi connectivity index (χ0n) is 14.7. The number of nitrogens with two attached hydrogens (primary N) is 1. The van der Waals surface area contributed by atoms with E-state index in [2.05, 4.69) is 20.0 Å². The molecule has 1 aliphatic rings. The van der Waals surface area contributed by atoms with Crippen LogP contribution in [-0.2, 0) is 4.74 Å². The minimum Gasteiger partial charge on any atom is -0.482 e. The van der Waals surface area contributed by atoms with Crippen LogP contribution in [0.4, 0.5) is 23.2 Å². The highest BCUT2D eigenvalue weighted by atomic mass is 19.4. The van der Waals surface area contributed by atoms with Gasteiger partial charge in [-0.25, -0.2) is 9.37 Å². The van der Waals surface area contributed by atoms with E-state index in [1.54, 1.807) is 0 Å². The molecule has 2 aromatic rings. The number of pyridine rings is 1. The zero-order chi connectivity index (χ0) is 21.0. The van der Waals surface area contributed by atoms with Crippen LogP contribution in [-0.4, -0.2) is 36.3 Å². The first-order chi connectivity index (χ1) is 13.7. The van der Waals surface area contributed by atoms with Crippen molar-refractivity contribution in [3.05, 3.63) is 59.7 Å². The number of nitrogens with zero attached hydrogens (tertiary/aromatic N) is 2. The van der Waals surface area contributed by atoms with Gasteiger partial charge in [0.2, 0.25) is 0 Å². The van der Waals surface area contributed by atoms with Gasteiger partial charge in [-0.05, 0) is 36.4 Å². The molecule has 1 aromatic carbocycles. The number of aromatic nitrogens is 1. The fourth-order valence-corrected chi connectivity index (χ4v) is 2.40. The quantitative estimate of drug-likeness (QED) is 0.738. The molecular formula is C18H14F4N4O3. The van der Waals surface area contributed by atoms with Crippen LogP contribution in [0.5, 0.6) is 5.75 Å². The van der Waals surface area contributed by atoms with Crippen molar-refractivity contribution >= 4 is 23.3 Å². The normalized spacial score (nSPS) is 13.8. The van der Waals surface area contributed by atoms with E-state index in [-0.39, 0.29) is 41.0 Å². The molecule has 0 aliphatic carbocycles. The molecule has 29 heavy (non-hydrogen) atoms. The summed E-state index contributed by atoms with van der Waals surface area (Å²) in [6.07, 6.45) is -1.84. The van der Waals surface area contributed by atoms with Crippen LogP contribution < -0.4 is 15.8 Å². The van der Waals surface area contributed by atoms with Crippen molar-refractivity contribution in [3.63, 3.8) is 0 Å². The average molecular weight is 410 g/mol. The molecule has 1 amide bonds. The van der Waals surface area contributed by atoms with Gasteiger partial charge in [-0.3, -0.25) is 4.79 Å². The van der Waals surface area contributed by atoms with Crippen molar-refractivity contribution in [2.45, 2.75) is 6.18 Å². The SMILES string of the molecule is NC1=NC(c2cc(NC(=O)c3ncccc3OCC(F)(F)F)ccc2F)=CCO1. The minimum atomic E-state index is -4.57. The lowest BCUT2D eigenvalue weighted by molar-refractivity contribution is -0.153. The predicted molar refractivity (Wildman–Crippen MR) is 95.7 cm³/mol. The monoisotopic (exact) mass is 410 g/mol. The lowest BCUT2D eigenvalue weighted by Crippen LogP contribution is -2.22. The first kappa shape index (κ1) is 20.1. The van der Waals surface area contributed by atoms with Crippen LogP contribution in [0.25, 0.3) is 5.70 Å². The number of rotatable bonds is 5. The van der Waals surface area contributed by atoms with E-state index >= 15 is 0 Å². The summed E-state index contributed by atoms with van der Waals surface area (Å²) in [5.74, 6) is -1.78. The fourth-order valence-electron chi connectivity index (χ4n) is 2.40. The Kier molecular flexibility index (Phi) is 5.66. The predicted octanol–water partition coefficient (Wildman–Crippen LogP) is 3.10. The van der Waals surface area contributed by atoms with Gasteiger partial charge >= 0.3 is 6.18 Å². The Morgan fingerprint density at radius 2 is 2.10 bits per heavy atom. The number of amides is 1. The smallest absolute Gasteiger partial charge is 0.422 e. The van der Waals surface area contributed by atoms with Gasteiger partial charge in [0.15, 0.2) is 18.1 Å². The maximum Gasteiger partial charge on any atom is 0.422 e. The number of ether oxygens (including phenoxy) is 2. The second kappa shape index (κ2) is 8.17. The molecule has 1 aromatic heterocycles. The number of nitrogens with one attached hydrogen (secondary N) is 1. The maximum atomic E-state index is 14.2. The number of halogens is 4. The van der Waals surface area contributed by atoms with Gasteiger partial charge in [-0.2, -0.15) is 18.2 Å². The van der Waals surface area contributed by atoms with Crippen LogP contribution >= 0.6 is 0 Å². The number of carbonyl (C=O) groups is 1. The first-order valence-corrected chi connectivity index (χ1v) is 8.16. The van der Waals surface area contributed by atoms with Crippen LogP contribution in [0.15, 0.2) is 47.6 Å². The number of aliphatic imine (C=N–C) groups is 1. The molecule has 152 valence electrons. The third-order valence-corrected chi connectivity index (χ3v) is 3.62. The third-order valence-electron chi connectivity index (χ3n) is 3.62. The van der Waals surface area contributed by atoms with Crippen LogP contribution in [0.2, 0.25) is 0 Å². The van der Waals surface area contributed by atoms with Gasteiger partial charge in [-0.1, -0.05) is 0 Å². The van der Waals surface area contributed by atoms with Crippen molar-refractivity contribution < 1.29 is 31.8 Å². The summed E-state index contributed by atoms with van der Waals surface area (Å²) in [7, 11) is 0. The van der Waals surface area contributed by atoms with Crippen LogP contribution in [0, 0.1) is 5.82 Å². The molecule has 11 heteroatoms. The Morgan fingerprint density at radius 3 is 2.83 bits per heavy atom. The Morgan fingerprint density at radius 1 is 1.31 bits per heavy atom. The Hall–Kier alpha value is -3.63. The van der Waals surface area contributed by atoms with Crippen molar-refractivity contribution in [2.24, 2.45) is 10.7 Å². The number of anilines is 1. The number of alkyl halides is 3. The fraction of sp³-hybridized carbons (Fsp3) is 0.167. The van der Waals surface area contributed by atoms with Crippen LogP contribution in [0.3, 0.4) is 0 Å². The van der Waals surface area contributed by atoms with Gasteiger partial charge in [0.05, 0.1) is 5.70 Å². The maximum absolute atomic E-state index is 14.2. The molecule has 0 radical (unpaired) electrons. The van der Waals surface area contributed by atoms with E-state index in [0.717, 1.165) is 6.07 Å². The van der Waals surface area contributed by atoms with Gasteiger partial charge in [-0.15, -0.1) is 0 Å². The van der Waals surface area contributed by atoms with E-state index in [1.165, 1.54) is 36.5 Å². The van der Waals surface area contributed by atoms with E-state index in [0.29, 0.717) is 0 Å². The molecule has 3 rings (SSSR count). The summed E-state index contributed by atoms with van der Waals surface area (Å²) >= 11 is 0. The largest absolute Gasteiger partial charge is 0.482 e. The lowest BCUT2D eigenvalue weighted by Gasteiger charge is -2.14.